The van der Waals surface area contributed by atoms with E-state index in [1.165, 1.54) is 12.8 Å². The van der Waals surface area contributed by atoms with E-state index in [4.69, 9.17) is 14.2 Å². The van der Waals surface area contributed by atoms with Crippen LogP contribution < -0.4 is 9.47 Å². The van der Waals surface area contributed by atoms with Crippen LogP contribution in [-0.2, 0) is 4.74 Å². The highest BCUT2D eigenvalue weighted by atomic mass is 16.5. The minimum absolute atomic E-state index is 0.769. The number of hydrogen-bond acceptors (Lipinski definition) is 3. The number of ether oxygens (including phenoxy) is 3. The summed E-state index contributed by atoms with van der Waals surface area (Å²) in [6, 6.07) is 7.53. The third-order valence-corrected chi connectivity index (χ3v) is 2.12. The molecule has 1 fully saturated rings. The van der Waals surface area contributed by atoms with Crippen molar-refractivity contribution in [3.8, 4) is 11.5 Å². The quantitative estimate of drug-likeness (QED) is 0.750. The summed E-state index contributed by atoms with van der Waals surface area (Å²) in [5.41, 5.74) is 0. The number of benzene rings is 1. The molecule has 15 heavy (non-hydrogen) atoms. The molecule has 0 saturated carbocycles. The SMILES string of the molecule is C1CCOC1.COc1ccccc1OC. The van der Waals surface area contributed by atoms with Gasteiger partial charge >= 0.3 is 0 Å². The summed E-state index contributed by atoms with van der Waals surface area (Å²) in [5, 5.41) is 0. The van der Waals surface area contributed by atoms with Gasteiger partial charge in [-0.1, -0.05) is 12.1 Å². The Kier molecular flexibility index (Phi) is 5.63. The van der Waals surface area contributed by atoms with Gasteiger partial charge < -0.3 is 14.2 Å². The lowest BCUT2D eigenvalue weighted by molar-refractivity contribution is 0.198. The maximum Gasteiger partial charge on any atom is 0.160 e. The highest BCUT2D eigenvalue weighted by Gasteiger charge is 1.97. The molecule has 0 aliphatic carbocycles. The average Bonchev–Trinajstić information content (AvgIpc) is 2.87. The largest absolute Gasteiger partial charge is 0.493 e. The van der Waals surface area contributed by atoms with Gasteiger partial charge in [0.15, 0.2) is 11.5 Å². The van der Waals surface area contributed by atoms with Gasteiger partial charge in [0.2, 0.25) is 0 Å². The monoisotopic (exact) mass is 210 g/mol. The molecule has 0 radical (unpaired) electrons. The van der Waals surface area contributed by atoms with Gasteiger partial charge in [-0.15, -0.1) is 0 Å². The van der Waals surface area contributed by atoms with E-state index in [9.17, 15) is 0 Å². The van der Waals surface area contributed by atoms with Gasteiger partial charge in [-0.2, -0.15) is 0 Å². The third kappa shape index (κ3) is 4.21. The highest BCUT2D eigenvalue weighted by molar-refractivity contribution is 5.38. The summed E-state index contributed by atoms with van der Waals surface area (Å²) in [7, 11) is 3.25. The van der Waals surface area contributed by atoms with E-state index in [0.29, 0.717) is 0 Å². The molecular formula is C12H18O3. The van der Waals surface area contributed by atoms with Crippen LogP contribution in [-0.4, -0.2) is 27.4 Å². The smallest absolute Gasteiger partial charge is 0.160 e. The topological polar surface area (TPSA) is 27.7 Å². The van der Waals surface area contributed by atoms with E-state index in [-0.39, 0.29) is 0 Å². The molecule has 84 valence electrons. The minimum Gasteiger partial charge on any atom is -0.493 e. The Labute approximate surface area is 91.0 Å². The Morgan fingerprint density at radius 3 is 1.67 bits per heavy atom. The molecule has 0 amide bonds. The van der Waals surface area contributed by atoms with Crippen molar-refractivity contribution in [2.24, 2.45) is 0 Å². The average molecular weight is 210 g/mol. The molecule has 0 bridgehead atoms. The molecule has 1 heterocycles. The molecule has 0 spiro atoms. The second kappa shape index (κ2) is 7.12. The summed E-state index contributed by atoms with van der Waals surface area (Å²) in [6.07, 6.45) is 2.56. The maximum atomic E-state index is 5.01. The van der Waals surface area contributed by atoms with E-state index in [1.54, 1.807) is 14.2 Å². The van der Waals surface area contributed by atoms with Gasteiger partial charge in [-0.05, 0) is 25.0 Å². The van der Waals surface area contributed by atoms with Crippen LogP contribution in [0.25, 0.3) is 0 Å². The molecule has 1 aliphatic heterocycles. The summed E-state index contributed by atoms with van der Waals surface area (Å²) in [4.78, 5) is 0. The highest BCUT2D eigenvalue weighted by Crippen LogP contribution is 2.24. The molecule has 2 rings (SSSR count). The fraction of sp³-hybridized carbons (Fsp3) is 0.500. The number of rotatable bonds is 2. The van der Waals surface area contributed by atoms with Crippen LogP contribution in [0.5, 0.6) is 11.5 Å². The van der Waals surface area contributed by atoms with Gasteiger partial charge in [0.05, 0.1) is 14.2 Å². The third-order valence-electron chi connectivity index (χ3n) is 2.12. The van der Waals surface area contributed by atoms with Crippen LogP contribution in [0.1, 0.15) is 12.8 Å². The van der Waals surface area contributed by atoms with E-state index in [1.807, 2.05) is 24.3 Å². The molecule has 3 heteroatoms. The first-order valence-corrected chi connectivity index (χ1v) is 5.13. The molecule has 1 saturated heterocycles. The van der Waals surface area contributed by atoms with Crippen LogP contribution >= 0.6 is 0 Å². The van der Waals surface area contributed by atoms with Gasteiger partial charge in [0.1, 0.15) is 0 Å². The van der Waals surface area contributed by atoms with Gasteiger partial charge in [0, 0.05) is 13.2 Å². The van der Waals surface area contributed by atoms with Crippen molar-refractivity contribution >= 4 is 0 Å². The zero-order valence-electron chi connectivity index (χ0n) is 9.36. The van der Waals surface area contributed by atoms with Crippen molar-refractivity contribution in [2.75, 3.05) is 27.4 Å². The first kappa shape index (κ1) is 11.9. The van der Waals surface area contributed by atoms with Crippen molar-refractivity contribution in [2.45, 2.75) is 12.8 Å². The molecule has 0 unspecified atom stereocenters. The molecule has 3 nitrogen and oxygen atoms in total. The van der Waals surface area contributed by atoms with E-state index >= 15 is 0 Å². The Bertz CT molecular complexity index is 239. The lowest BCUT2D eigenvalue weighted by atomic mass is 10.3. The van der Waals surface area contributed by atoms with Crippen molar-refractivity contribution in [1.29, 1.82) is 0 Å². The molecule has 1 aromatic rings. The molecular weight excluding hydrogens is 192 g/mol. The number of methoxy groups -OCH3 is 2. The van der Waals surface area contributed by atoms with Crippen LogP contribution in [0.2, 0.25) is 0 Å². The van der Waals surface area contributed by atoms with E-state index in [2.05, 4.69) is 0 Å². The maximum absolute atomic E-state index is 5.01. The van der Waals surface area contributed by atoms with Gasteiger partial charge in [-0.25, -0.2) is 0 Å². The molecule has 0 atom stereocenters. The second-order valence-electron chi connectivity index (χ2n) is 3.17. The van der Waals surface area contributed by atoms with Gasteiger partial charge in [-0.3, -0.25) is 0 Å². The summed E-state index contributed by atoms with van der Waals surface area (Å²) in [5.74, 6) is 1.54. The Morgan fingerprint density at radius 1 is 0.933 bits per heavy atom. The van der Waals surface area contributed by atoms with E-state index in [0.717, 1.165) is 24.7 Å². The predicted octanol–water partition coefficient (Wildman–Crippen LogP) is 2.50. The van der Waals surface area contributed by atoms with Gasteiger partial charge in [0.25, 0.3) is 0 Å². The molecule has 1 aromatic carbocycles. The number of para-hydroxylation sites is 2. The Balaban J connectivity index is 0.000000187. The lowest BCUT2D eigenvalue weighted by Crippen LogP contribution is -1.88. The zero-order chi connectivity index (χ0) is 10.9. The minimum atomic E-state index is 0.769. The van der Waals surface area contributed by atoms with E-state index < -0.39 is 0 Å². The Hall–Kier alpha value is -1.22. The molecule has 0 N–H and O–H groups in total. The van der Waals surface area contributed by atoms with Crippen LogP contribution in [0, 0.1) is 0 Å². The van der Waals surface area contributed by atoms with Crippen molar-refractivity contribution in [1.82, 2.24) is 0 Å². The van der Waals surface area contributed by atoms with Crippen LogP contribution in [0.4, 0.5) is 0 Å². The first-order valence-electron chi connectivity index (χ1n) is 5.13. The fourth-order valence-corrected chi connectivity index (χ4v) is 1.30. The molecule has 1 aliphatic rings. The zero-order valence-corrected chi connectivity index (χ0v) is 9.36. The normalized spacial score (nSPS) is 14.0. The fourth-order valence-electron chi connectivity index (χ4n) is 1.30. The van der Waals surface area contributed by atoms with Crippen LogP contribution in [0.15, 0.2) is 24.3 Å². The summed E-state index contributed by atoms with van der Waals surface area (Å²) < 4.78 is 15.0. The summed E-state index contributed by atoms with van der Waals surface area (Å²) >= 11 is 0. The van der Waals surface area contributed by atoms with Crippen molar-refractivity contribution < 1.29 is 14.2 Å². The Morgan fingerprint density at radius 2 is 1.40 bits per heavy atom. The second-order valence-corrected chi connectivity index (χ2v) is 3.17. The lowest BCUT2D eigenvalue weighted by Gasteiger charge is -2.04. The van der Waals surface area contributed by atoms with Crippen LogP contribution in [0.3, 0.4) is 0 Å². The van der Waals surface area contributed by atoms with Crippen molar-refractivity contribution in [3.63, 3.8) is 0 Å². The number of hydrogen-bond donors (Lipinski definition) is 0. The first-order chi connectivity index (χ1) is 7.38. The standard InChI is InChI=1S/C8H10O2.C4H8O/c1-9-7-5-3-4-6-8(7)10-2;1-2-4-5-3-1/h3-6H,1-2H3;1-4H2. The summed E-state index contributed by atoms with van der Waals surface area (Å²) in [6.45, 7) is 2.00. The molecule has 0 aromatic heterocycles. The van der Waals surface area contributed by atoms with Crippen molar-refractivity contribution in [3.05, 3.63) is 24.3 Å². The predicted molar refractivity (Wildman–Crippen MR) is 59.6 cm³/mol.